The minimum atomic E-state index is -0.319. The van der Waals surface area contributed by atoms with Gasteiger partial charge in [-0.1, -0.05) is 12.1 Å². The van der Waals surface area contributed by atoms with Crippen LogP contribution >= 0.6 is 0 Å². The first-order valence-corrected chi connectivity index (χ1v) is 7.84. The Balaban J connectivity index is 0.000000131. The Kier molecular flexibility index (Phi) is 4.59. The Morgan fingerprint density at radius 2 is 1.68 bits per heavy atom. The molecule has 2 aliphatic carbocycles. The second-order valence-corrected chi connectivity index (χ2v) is 5.74. The van der Waals surface area contributed by atoms with Gasteiger partial charge in [-0.05, 0) is 55.4 Å². The Hall–Kier alpha value is -2.07. The van der Waals surface area contributed by atoms with Crippen LogP contribution in [0, 0.1) is 0 Å². The molecule has 0 spiro atoms. The van der Waals surface area contributed by atoms with Crippen molar-refractivity contribution >= 4 is 5.78 Å². The molecule has 0 bridgehead atoms. The van der Waals surface area contributed by atoms with Crippen LogP contribution in [-0.2, 0) is 12.8 Å². The molecular weight excluding hydrogens is 276 g/mol. The van der Waals surface area contributed by atoms with Gasteiger partial charge < -0.3 is 5.11 Å². The molecule has 2 heterocycles. The maximum absolute atomic E-state index is 11.2. The van der Waals surface area contributed by atoms with Gasteiger partial charge in [0.2, 0.25) is 0 Å². The molecule has 114 valence electrons. The fourth-order valence-corrected chi connectivity index (χ4v) is 3.03. The number of aromatic nitrogens is 2. The molecule has 2 aromatic heterocycles. The van der Waals surface area contributed by atoms with Gasteiger partial charge in [0.15, 0.2) is 5.78 Å². The summed E-state index contributed by atoms with van der Waals surface area (Å²) in [6, 6.07) is 7.85. The molecule has 0 fully saturated rings. The third-order valence-electron chi connectivity index (χ3n) is 4.17. The van der Waals surface area contributed by atoms with E-state index in [1.54, 1.807) is 12.4 Å². The summed E-state index contributed by atoms with van der Waals surface area (Å²) >= 11 is 0. The summed E-state index contributed by atoms with van der Waals surface area (Å²) in [7, 11) is 0. The van der Waals surface area contributed by atoms with Gasteiger partial charge in [-0.2, -0.15) is 0 Å². The third-order valence-corrected chi connectivity index (χ3v) is 4.17. The largest absolute Gasteiger partial charge is 0.387 e. The molecule has 0 saturated heterocycles. The number of nitrogens with zero attached hydrogens (tertiary/aromatic N) is 2. The van der Waals surface area contributed by atoms with Crippen LogP contribution in [0.25, 0.3) is 0 Å². The number of aliphatic hydroxyl groups is 1. The van der Waals surface area contributed by atoms with Crippen molar-refractivity contribution in [1.29, 1.82) is 0 Å². The van der Waals surface area contributed by atoms with E-state index in [1.807, 2.05) is 24.3 Å². The van der Waals surface area contributed by atoms with Crippen molar-refractivity contribution in [2.24, 2.45) is 0 Å². The van der Waals surface area contributed by atoms with Gasteiger partial charge in [-0.3, -0.25) is 14.8 Å². The molecule has 0 aromatic carbocycles. The van der Waals surface area contributed by atoms with Crippen molar-refractivity contribution < 1.29 is 9.90 Å². The number of hydrogen-bond donors (Lipinski definition) is 1. The fourth-order valence-electron chi connectivity index (χ4n) is 3.03. The first kappa shape index (κ1) is 14.9. The number of ketones is 1. The summed E-state index contributed by atoms with van der Waals surface area (Å²) in [5, 5.41) is 9.50. The predicted molar refractivity (Wildman–Crippen MR) is 83.6 cm³/mol. The van der Waals surface area contributed by atoms with Crippen LogP contribution in [0.15, 0.2) is 36.7 Å². The molecule has 2 aromatic rings. The van der Waals surface area contributed by atoms with Crippen LogP contribution < -0.4 is 0 Å². The minimum Gasteiger partial charge on any atom is -0.387 e. The topological polar surface area (TPSA) is 63.1 Å². The average Bonchev–Trinajstić information content (AvgIpc) is 2.57. The number of aliphatic hydroxyl groups excluding tert-OH is 1. The first-order chi connectivity index (χ1) is 10.8. The Morgan fingerprint density at radius 3 is 2.45 bits per heavy atom. The van der Waals surface area contributed by atoms with Crippen molar-refractivity contribution in [2.75, 3.05) is 0 Å². The summed E-state index contributed by atoms with van der Waals surface area (Å²) in [5.74, 6) is 0.201. The van der Waals surface area contributed by atoms with Crippen molar-refractivity contribution in [3.05, 3.63) is 59.2 Å². The van der Waals surface area contributed by atoms with E-state index in [9.17, 15) is 9.90 Å². The lowest BCUT2D eigenvalue weighted by atomic mass is 9.94. The lowest BCUT2D eigenvalue weighted by molar-refractivity contribution is 0.0967. The summed E-state index contributed by atoms with van der Waals surface area (Å²) < 4.78 is 0. The number of carbonyl (C=O) groups excluding carboxylic acids is 1. The van der Waals surface area contributed by atoms with Gasteiger partial charge in [-0.25, -0.2) is 0 Å². The van der Waals surface area contributed by atoms with Crippen molar-refractivity contribution in [1.82, 2.24) is 9.97 Å². The smallest absolute Gasteiger partial charge is 0.181 e. The first-order valence-electron chi connectivity index (χ1n) is 7.84. The summed E-state index contributed by atoms with van der Waals surface area (Å²) in [5.41, 5.74) is 3.91. The molecule has 1 atom stereocenters. The molecule has 0 saturated carbocycles. The highest BCUT2D eigenvalue weighted by atomic mass is 16.3. The molecule has 1 unspecified atom stereocenters. The van der Waals surface area contributed by atoms with E-state index in [0.29, 0.717) is 12.1 Å². The maximum Gasteiger partial charge on any atom is 0.181 e. The number of hydrogen-bond acceptors (Lipinski definition) is 4. The molecule has 22 heavy (non-hydrogen) atoms. The molecule has 1 N–H and O–H groups in total. The number of rotatable bonds is 0. The highest BCUT2D eigenvalue weighted by molar-refractivity contribution is 5.96. The van der Waals surface area contributed by atoms with Gasteiger partial charge in [0.05, 0.1) is 11.8 Å². The lowest BCUT2D eigenvalue weighted by Crippen LogP contribution is -2.12. The van der Waals surface area contributed by atoms with Crippen LogP contribution in [0.2, 0.25) is 0 Å². The summed E-state index contributed by atoms with van der Waals surface area (Å²) in [6.45, 7) is 0. The molecule has 4 rings (SSSR count). The Labute approximate surface area is 130 Å². The monoisotopic (exact) mass is 296 g/mol. The van der Waals surface area contributed by atoms with E-state index >= 15 is 0 Å². The number of pyridine rings is 2. The second-order valence-electron chi connectivity index (χ2n) is 5.74. The van der Waals surface area contributed by atoms with Crippen molar-refractivity contribution in [3.8, 4) is 0 Å². The average molecular weight is 296 g/mol. The van der Waals surface area contributed by atoms with E-state index in [2.05, 4.69) is 9.97 Å². The number of carbonyl (C=O) groups is 1. The lowest BCUT2D eigenvalue weighted by Gasteiger charge is -2.18. The molecular formula is C18H20N2O2. The van der Waals surface area contributed by atoms with Crippen molar-refractivity contribution in [2.45, 2.75) is 44.6 Å². The van der Waals surface area contributed by atoms with Crippen LogP contribution in [0.1, 0.15) is 59.1 Å². The van der Waals surface area contributed by atoms with Gasteiger partial charge in [0, 0.05) is 18.8 Å². The standard InChI is InChI=1S/C9H11NO.C9H9NO/c2*11-8-5-1-3-7-4-2-6-10-9(7)8/h2,4,6,8,11H,1,3,5H2;2,4,6H,1,3,5H2. The molecule has 4 heteroatoms. The van der Waals surface area contributed by atoms with Gasteiger partial charge in [0.25, 0.3) is 0 Å². The zero-order chi connectivity index (χ0) is 15.4. The molecule has 2 aliphatic rings. The van der Waals surface area contributed by atoms with E-state index in [1.165, 1.54) is 5.56 Å². The highest BCUT2D eigenvalue weighted by Gasteiger charge is 2.18. The molecule has 0 aliphatic heterocycles. The van der Waals surface area contributed by atoms with Crippen molar-refractivity contribution in [3.63, 3.8) is 0 Å². The van der Waals surface area contributed by atoms with E-state index in [-0.39, 0.29) is 11.9 Å². The van der Waals surface area contributed by atoms with Crippen LogP contribution in [0.4, 0.5) is 0 Å². The van der Waals surface area contributed by atoms with Gasteiger partial charge >= 0.3 is 0 Å². The van der Waals surface area contributed by atoms with Crippen LogP contribution in [-0.4, -0.2) is 20.9 Å². The summed E-state index contributed by atoms with van der Waals surface area (Å²) in [6.07, 6.45) is 8.79. The number of aryl methyl sites for hydroxylation is 2. The zero-order valence-corrected chi connectivity index (χ0v) is 12.5. The van der Waals surface area contributed by atoms with E-state index in [0.717, 1.165) is 43.4 Å². The minimum absolute atomic E-state index is 0.201. The predicted octanol–water partition coefficient (Wildman–Crippen LogP) is 3.05. The summed E-state index contributed by atoms with van der Waals surface area (Å²) in [4.78, 5) is 19.4. The Bertz CT molecular complexity index is 670. The number of fused-ring (bicyclic) bond motifs is 2. The Morgan fingerprint density at radius 1 is 0.955 bits per heavy atom. The van der Waals surface area contributed by atoms with Gasteiger partial charge in [0.1, 0.15) is 5.69 Å². The van der Waals surface area contributed by atoms with E-state index in [4.69, 9.17) is 0 Å². The maximum atomic E-state index is 11.2. The van der Waals surface area contributed by atoms with Gasteiger partial charge in [-0.15, -0.1) is 0 Å². The zero-order valence-electron chi connectivity index (χ0n) is 12.5. The second kappa shape index (κ2) is 6.79. The molecule has 4 nitrogen and oxygen atoms in total. The molecule has 0 radical (unpaired) electrons. The quantitative estimate of drug-likeness (QED) is 0.811. The van der Waals surface area contributed by atoms with Crippen LogP contribution in [0.3, 0.4) is 0 Å². The molecule has 0 amide bonds. The van der Waals surface area contributed by atoms with E-state index < -0.39 is 0 Å². The SMILES string of the molecule is O=C1CCCc2cccnc21.OC1CCCc2cccnc21. The highest BCUT2D eigenvalue weighted by Crippen LogP contribution is 2.26. The van der Waals surface area contributed by atoms with Crippen LogP contribution in [0.5, 0.6) is 0 Å². The fraction of sp³-hybridized carbons (Fsp3) is 0.389. The number of Topliss-reactive ketones (excluding diaryl/α,β-unsaturated/α-hetero) is 1. The third kappa shape index (κ3) is 3.22. The normalized spacial score (nSPS) is 19.5.